The SMILES string of the molecule is O=C1NNCC(N/N=C/c2cc(Br)ccc2O)N1. The molecule has 1 heterocycles. The van der Waals surface area contributed by atoms with Crippen LogP contribution < -0.4 is 21.6 Å². The number of carbonyl (C=O) groups is 1. The third-order valence-corrected chi connectivity index (χ3v) is 2.73. The van der Waals surface area contributed by atoms with Gasteiger partial charge in [-0.15, -0.1) is 0 Å². The Morgan fingerprint density at radius 2 is 2.39 bits per heavy atom. The summed E-state index contributed by atoms with van der Waals surface area (Å²) in [6.45, 7) is 0.494. The molecule has 1 aromatic rings. The molecule has 0 aliphatic carbocycles. The van der Waals surface area contributed by atoms with Gasteiger partial charge in [-0.25, -0.2) is 10.2 Å². The van der Waals surface area contributed by atoms with E-state index in [4.69, 9.17) is 0 Å². The highest BCUT2D eigenvalue weighted by molar-refractivity contribution is 9.10. The van der Waals surface area contributed by atoms with E-state index in [0.717, 1.165) is 4.47 Å². The number of nitrogens with zero attached hydrogens (tertiary/aromatic N) is 1. The Morgan fingerprint density at radius 1 is 1.56 bits per heavy atom. The minimum absolute atomic E-state index is 0.135. The number of phenols is 1. The van der Waals surface area contributed by atoms with Gasteiger partial charge in [-0.2, -0.15) is 5.10 Å². The highest BCUT2D eigenvalue weighted by Crippen LogP contribution is 2.19. The first-order valence-electron chi connectivity index (χ1n) is 5.21. The van der Waals surface area contributed by atoms with Crippen LogP contribution in [0.15, 0.2) is 27.8 Å². The lowest BCUT2D eigenvalue weighted by molar-refractivity contribution is 0.217. The lowest BCUT2D eigenvalue weighted by Gasteiger charge is -2.24. The number of benzene rings is 1. The molecule has 1 unspecified atom stereocenters. The lowest BCUT2D eigenvalue weighted by atomic mass is 10.2. The molecule has 0 spiro atoms. The third kappa shape index (κ3) is 3.34. The minimum Gasteiger partial charge on any atom is -0.507 e. The standard InChI is InChI=1S/C10H12BrN5O2/c11-7-1-2-8(17)6(3-7)4-12-15-9-5-13-16-10(18)14-9/h1-4,9,13,15,17H,5H2,(H2,14,16,18)/b12-4+. The molecule has 1 saturated heterocycles. The van der Waals surface area contributed by atoms with E-state index in [1.165, 1.54) is 6.21 Å². The third-order valence-electron chi connectivity index (χ3n) is 2.24. The van der Waals surface area contributed by atoms with Crippen molar-refractivity contribution in [2.75, 3.05) is 6.54 Å². The first kappa shape index (κ1) is 12.7. The van der Waals surface area contributed by atoms with Crippen molar-refractivity contribution in [3.05, 3.63) is 28.2 Å². The molecule has 1 aliphatic rings. The molecule has 2 rings (SSSR count). The zero-order valence-corrected chi connectivity index (χ0v) is 10.9. The Hall–Kier alpha value is -1.80. The molecule has 2 amide bonds. The number of hydrogen-bond acceptors (Lipinski definition) is 5. The van der Waals surface area contributed by atoms with Gasteiger partial charge in [-0.3, -0.25) is 10.9 Å². The maximum Gasteiger partial charge on any atom is 0.330 e. The fourth-order valence-corrected chi connectivity index (χ4v) is 1.76. The number of phenolic OH excluding ortho intramolecular Hbond substituents is 1. The summed E-state index contributed by atoms with van der Waals surface area (Å²) in [5.74, 6) is 0.135. The number of rotatable bonds is 3. The first-order valence-corrected chi connectivity index (χ1v) is 6.01. The summed E-state index contributed by atoms with van der Waals surface area (Å²) in [6, 6.07) is 4.72. The summed E-state index contributed by atoms with van der Waals surface area (Å²) in [5, 5.41) is 16.2. The number of aromatic hydroxyl groups is 1. The first-order chi connectivity index (χ1) is 8.65. The largest absolute Gasteiger partial charge is 0.507 e. The van der Waals surface area contributed by atoms with Gasteiger partial charge in [-0.1, -0.05) is 15.9 Å². The molecular formula is C10H12BrN5O2. The molecule has 0 radical (unpaired) electrons. The topological polar surface area (TPSA) is 97.8 Å². The lowest BCUT2D eigenvalue weighted by Crippen LogP contribution is -2.62. The van der Waals surface area contributed by atoms with Crippen LogP contribution in [-0.4, -0.2) is 30.1 Å². The Balaban J connectivity index is 1.94. The molecular weight excluding hydrogens is 302 g/mol. The van der Waals surface area contributed by atoms with E-state index in [1.807, 2.05) is 0 Å². The van der Waals surface area contributed by atoms with Crippen LogP contribution in [0.1, 0.15) is 5.56 Å². The van der Waals surface area contributed by atoms with Crippen LogP contribution in [0.25, 0.3) is 0 Å². The summed E-state index contributed by atoms with van der Waals surface area (Å²) in [6.07, 6.45) is 1.18. The van der Waals surface area contributed by atoms with Gasteiger partial charge < -0.3 is 10.4 Å². The molecule has 1 atom stereocenters. The maximum atomic E-state index is 11.0. The van der Waals surface area contributed by atoms with E-state index in [0.29, 0.717) is 12.1 Å². The summed E-state index contributed by atoms with van der Waals surface area (Å²) >= 11 is 3.30. The smallest absolute Gasteiger partial charge is 0.330 e. The molecule has 5 N–H and O–H groups in total. The van der Waals surface area contributed by atoms with Gasteiger partial charge in [-0.05, 0) is 18.2 Å². The van der Waals surface area contributed by atoms with Crippen molar-refractivity contribution >= 4 is 28.2 Å². The van der Waals surface area contributed by atoms with E-state index < -0.39 is 0 Å². The number of amides is 2. The van der Waals surface area contributed by atoms with Crippen molar-refractivity contribution in [3.8, 4) is 5.75 Å². The Morgan fingerprint density at radius 3 is 3.17 bits per heavy atom. The van der Waals surface area contributed by atoms with E-state index in [1.54, 1.807) is 18.2 Å². The molecule has 1 aliphatic heterocycles. The zero-order chi connectivity index (χ0) is 13.0. The van der Waals surface area contributed by atoms with E-state index in [-0.39, 0.29) is 17.9 Å². The van der Waals surface area contributed by atoms with Crippen LogP contribution in [0, 0.1) is 0 Å². The normalized spacial score (nSPS) is 19.4. The average Bonchev–Trinajstić information content (AvgIpc) is 2.34. The van der Waals surface area contributed by atoms with E-state index in [2.05, 4.69) is 42.6 Å². The van der Waals surface area contributed by atoms with Gasteiger partial charge in [0.25, 0.3) is 0 Å². The van der Waals surface area contributed by atoms with Crippen molar-refractivity contribution in [3.63, 3.8) is 0 Å². The van der Waals surface area contributed by atoms with Crippen molar-refractivity contribution in [1.82, 2.24) is 21.6 Å². The molecule has 1 fully saturated rings. The minimum atomic E-state index is -0.320. The van der Waals surface area contributed by atoms with Crippen molar-refractivity contribution in [2.24, 2.45) is 5.10 Å². The molecule has 0 aromatic heterocycles. The molecule has 8 heteroatoms. The van der Waals surface area contributed by atoms with Gasteiger partial charge >= 0.3 is 6.03 Å². The maximum absolute atomic E-state index is 11.0. The van der Waals surface area contributed by atoms with Crippen LogP contribution in [0.4, 0.5) is 4.79 Å². The van der Waals surface area contributed by atoms with Crippen LogP contribution >= 0.6 is 15.9 Å². The fraction of sp³-hybridized carbons (Fsp3) is 0.200. The molecule has 96 valence electrons. The van der Waals surface area contributed by atoms with Crippen LogP contribution in [-0.2, 0) is 0 Å². The number of halogens is 1. The van der Waals surface area contributed by atoms with Crippen LogP contribution in [0.3, 0.4) is 0 Å². The van der Waals surface area contributed by atoms with Crippen LogP contribution in [0.2, 0.25) is 0 Å². The number of carbonyl (C=O) groups excluding carboxylic acids is 1. The predicted octanol–water partition coefficient (Wildman–Crippen LogP) is 0.222. The van der Waals surface area contributed by atoms with Crippen molar-refractivity contribution in [2.45, 2.75) is 6.17 Å². The Labute approximate surface area is 112 Å². The second-order valence-corrected chi connectivity index (χ2v) is 4.54. The number of urea groups is 1. The molecule has 7 nitrogen and oxygen atoms in total. The summed E-state index contributed by atoms with van der Waals surface area (Å²) < 4.78 is 0.846. The quantitative estimate of drug-likeness (QED) is 0.407. The van der Waals surface area contributed by atoms with Crippen molar-refractivity contribution in [1.29, 1.82) is 0 Å². The fourth-order valence-electron chi connectivity index (χ4n) is 1.38. The van der Waals surface area contributed by atoms with Gasteiger partial charge in [0.05, 0.1) is 12.8 Å². The van der Waals surface area contributed by atoms with Gasteiger partial charge in [0.15, 0.2) is 0 Å². The summed E-state index contributed by atoms with van der Waals surface area (Å²) in [7, 11) is 0. The Kier molecular flexibility index (Phi) is 4.00. The molecule has 0 saturated carbocycles. The van der Waals surface area contributed by atoms with Gasteiger partial charge in [0.1, 0.15) is 11.9 Å². The average molecular weight is 314 g/mol. The number of nitrogens with one attached hydrogen (secondary N) is 4. The van der Waals surface area contributed by atoms with Gasteiger partial charge in [0.2, 0.25) is 0 Å². The molecule has 1 aromatic carbocycles. The number of hydrazone groups is 1. The molecule has 0 bridgehead atoms. The monoisotopic (exact) mass is 313 g/mol. The predicted molar refractivity (Wildman–Crippen MR) is 70.0 cm³/mol. The summed E-state index contributed by atoms with van der Waals surface area (Å²) in [5.41, 5.74) is 8.43. The van der Waals surface area contributed by atoms with Gasteiger partial charge in [0, 0.05) is 10.0 Å². The van der Waals surface area contributed by atoms with Crippen LogP contribution in [0.5, 0.6) is 5.75 Å². The molecule has 18 heavy (non-hydrogen) atoms. The number of hydrazine groups is 1. The van der Waals surface area contributed by atoms with E-state index >= 15 is 0 Å². The van der Waals surface area contributed by atoms with E-state index in [9.17, 15) is 9.90 Å². The van der Waals surface area contributed by atoms with Crippen molar-refractivity contribution < 1.29 is 9.90 Å². The zero-order valence-electron chi connectivity index (χ0n) is 9.27. The highest BCUT2D eigenvalue weighted by Gasteiger charge is 2.15. The second-order valence-electron chi connectivity index (χ2n) is 3.62. The summed E-state index contributed by atoms with van der Waals surface area (Å²) in [4.78, 5) is 11.0. The highest BCUT2D eigenvalue weighted by atomic mass is 79.9. The number of hydrogen-bond donors (Lipinski definition) is 5. The second kappa shape index (κ2) is 5.69. The Bertz CT molecular complexity index is 479.